The molecule has 2 N–H and O–H groups in total. The number of esters is 1. The molecule has 0 saturated heterocycles. The van der Waals surface area contributed by atoms with Gasteiger partial charge < -0.3 is 10.5 Å². The van der Waals surface area contributed by atoms with Crippen molar-refractivity contribution >= 4 is 29.2 Å². The van der Waals surface area contributed by atoms with Crippen LogP contribution in [0.25, 0.3) is 0 Å². The van der Waals surface area contributed by atoms with Gasteiger partial charge in [-0.2, -0.15) is 0 Å². The van der Waals surface area contributed by atoms with Crippen molar-refractivity contribution < 1.29 is 9.53 Å². The number of carbonyl (C=O) groups excluding carboxylic acids is 1. The van der Waals surface area contributed by atoms with Crippen LogP contribution in [0, 0.1) is 5.41 Å². The van der Waals surface area contributed by atoms with Gasteiger partial charge in [-0.3, -0.25) is 4.79 Å². The molecule has 3 nitrogen and oxygen atoms in total. The van der Waals surface area contributed by atoms with Crippen LogP contribution < -0.4 is 5.73 Å². The zero-order valence-electron chi connectivity index (χ0n) is 11.4. The summed E-state index contributed by atoms with van der Waals surface area (Å²) in [7, 11) is 1.39. The molecule has 0 aliphatic heterocycles. The second kappa shape index (κ2) is 6.60. The number of methoxy groups -OCH3 is 1. The molecule has 0 spiro atoms. The van der Waals surface area contributed by atoms with Crippen molar-refractivity contribution in [3.05, 3.63) is 33.8 Å². The third-order valence-corrected chi connectivity index (χ3v) is 3.73. The number of rotatable bonds is 5. The van der Waals surface area contributed by atoms with E-state index in [9.17, 15) is 4.79 Å². The summed E-state index contributed by atoms with van der Waals surface area (Å²) in [6.45, 7) is 3.97. The van der Waals surface area contributed by atoms with Crippen LogP contribution in [0.3, 0.4) is 0 Å². The van der Waals surface area contributed by atoms with Gasteiger partial charge in [0.05, 0.1) is 23.6 Å². The Morgan fingerprint density at radius 1 is 1.37 bits per heavy atom. The normalized spacial score (nSPS) is 13.2. The number of nitrogens with two attached hydrogens (primary N) is 1. The van der Waals surface area contributed by atoms with E-state index in [0.717, 1.165) is 5.56 Å². The van der Waals surface area contributed by atoms with Gasteiger partial charge in [-0.1, -0.05) is 43.1 Å². The molecule has 0 aliphatic carbocycles. The van der Waals surface area contributed by atoms with Crippen LogP contribution >= 0.6 is 23.2 Å². The number of hydrogen-bond donors (Lipinski definition) is 1. The minimum absolute atomic E-state index is 0.200. The van der Waals surface area contributed by atoms with Crippen molar-refractivity contribution in [2.75, 3.05) is 7.11 Å². The Balaban J connectivity index is 2.75. The van der Waals surface area contributed by atoms with Crippen molar-refractivity contribution in [2.24, 2.45) is 11.1 Å². The summed E-state index contributed by atoms with van der Waals surface area (Å²) in [6, 6.07) is 5.15. The van der Waals surface area contributed by atoms with Gasteiger partial charge in [0.2, 0.25) is 0 Å². The summed E-state index contributed by atoms with van der Waals surface area (Å²) in [4.78, 5) is 11.3. The molecule has 0 bridgehead atoms. The summed E-state index contributed by atoms with van der Waals surface area (Å²) in [5.74, 6) is -0.230. The maximum absolute atomic E-state index is 11.3. The van der Waals surface area contributed by atoms with Crippen molar-refractivity contribution in [3.8, 4) is 0 Å². The first kappa shape index (κ1) is 16.3. The van der Waals surface area contributed by atoms with Crippen LogP contribution in [0.15, 0.2) is 18.2 Å². The zero-order valence-corrected chi connectivity index (χ0v) is 12.9. The fourth-order valence-corrected chi connectivity index (χ4v) is 2.30. The number of halogens is 2. The molecule has 1 unspecified atom stereocenters. The quantitative estimate of drug-likeness (QED) is 0.837. The van der Waals surface area contributed by atoms with Crippen LogP contribution in [0.2, 0.25) is 10.0 Å². The minimum Gasteiger partial charge on any atom is -0.469 e. The Morgan fingerprint density at radius 2 is 2.00 bits per heavy atom. The molecule has 0 saturated carbocycles. The van der Waals surface area contributed by atoms with Gasteiger partial charge in [-0.15, -0.1) is 0 Å². The maximum Gasteiger partial charge on any atom is 0.306 e. The Morgan fingerprint density at radius 3 is 2.53 bits per heavy atom. The average Bonchev–Trinajstić information content (AvgIpc) is 2.31. The predicted molar refractivity (Wildman–Crippen MR) is 78.4 cm³/mol. The second-order valence-corrected chi connectivity index (χ2v) is 6.22. The Bertz CT molecular complexity index is 461. The van der Waals surface area contributed by atoms with Crippen LogP contribution in [0.1, 0.15) is 38.3 Å². The summed E-state index contributed by atoms with van der Waals surface area (Å²) in [6.07, 6.45) is 0.985. The van der Waals surface area contributed by atoms with E-state index in [1.165, 1.54) is 7.11 Å². The smallest absolute Gasteiger partial charge is 0.306 e. The Hall–Kier alpha value is -0.770. The molecule has 1 rings (SSSR count). The first-order chi connectivity index (χ1) is 8.75. The molecule has 0 radical (unpaired) electrons. The summed E-state index contributed by atoms with van der Waals surface area (Å²) in [5.41, 5.74) is 6.84. The number of benzene rings is 1. The van der Waals surface area contributed by atoms with Gasteiger partial charge in [-0.05, 0) is 29.5 Å². The first-order valence-corrected chi connectivity index (χ1v) is 6.78. The minimum atomic E-state index is -0.237. The average molecular weight is 304 g/mol. The lowest BCUT2D eigenvalue weighted by molar-refractivity contribution is -0.143. The molecule has 5 heteroatoms. The highest BCUT2D eigenvalue weighted by Crippen LogP contribution is 2.33. The lowest BCUT2D eigenvalue weighted by Crippen LogP contribution is -2.24. The maximum atomic E-state index is 11.3. The molecule has 1 aromatic carbocycles. The molecule has 0 heterocycles. The number of ether oxygens (including phenoxy) is 1. The molecular weight excluding hydrogens is 285 g/mol. The SMILES string of the molecule is COC(=O)CC(C)(C)CC(N)c1ccc(Cl)c(Cl)c1. The lowest BCUT2D eigenvalue weighted by atomic mass is 9.81. The van der Waals surface area contributed by atoms with Crippen LogP contribution in [-0.4, -0.2) is 13.1 Å². The highest BCUT2D eigenvalue weighted by Gasteiger charge is 2.26. The fourth-order valence-electron chi connectivity index (χ4n) is 1.99. The van der Waals surface area contributed by atoms with Crippen LogP contribution in [0.5, 0.6) is 0 Å². The van der Waals surface area contributed by atoms with Gasteiger partial charge in [0.1, 0.15) is 0 Å². The first-order valence-electron chi connectivity index (χ1n) is 6.02. The van der Waals surface area contributed by atoms with Gasteiger partial charge in [0.25, 0.3) is 0 Å². The van der Waals surface area contributed by atoms with Crippen molar-refractivity contribution in [2.45, 2.75) is 32.7 Å². The third-order valence-electron chi connectivity index (χ3n) is 2.99. The summed E-state index contributed by atoms with van der Waals surface area (Å²) >= 11 is 11.8. The molecule has 0 fully saturated rings. The van der Waals surface area contributed by atoms with E-state index in [1.807, 2.05) is 19.9 Å². The Labute approximate surface area is 124 Å². The fraction of sp³-hybridized carbons (Fsp3) is 0.500. The predicted octanol–water partition coefficient (Wildman–Crippen LogP) is 3.97. The highest BCUT2D eigenvalue weighted by molar-refractivity contribution is 6.42. The molecule has 0 amide bonds. The lowest BCUT2D eigenvalue weighted by Gasteiger charge is -2.27. The van der Waals surface area contributed by atoms with Crippen LogP contribution in [0.4, 0.5) is 0 Å². The summed E-state index contributed by atoms with van der Waals surface area (Å²) < 4.78 is 4.69. The molecule has 19 heavy (non-hydrogen) atoms. The van der Waals surface area contributed by atoms with Gasteiger partial charge >= 0.3 is 5.97 Å². The van der Waals surface area contributed by atoms with E-state index >= 15 is 0 Å². The van der Waals surface area contributed by atoms with E-state index < -0.39 is 0 Å². The van der Waals surface area contributed by atoms with E-state index in [1.54, 1.807) is 12.1 Å². The standard InChI is InChI=1S/C14H19Cl2NO2/c1-14(2,8-13(18)19-3)7-12(17)9-4-5-10(15)11(16)6-9/h4-6,12H,7-8,17H2,1-3H3. The number of carbonyl (C=O) groups is 1. The highest BCUT2D eigenvalue weighted by atomic mass is 35.5. The van der Waals surface area contributed by atoms with Gasteiger partial charge in [0, 0.05) is 6.04 Å². The third kappa shape index (κ3) is 5.01. The van der Waals surface area contributed by atoms with E-state index in [-0.39, 0.29) is 17.4 Å². The van der Waals surface area contributed by atoms with E-state index in [2.05, 4.69) is 4.74 Å². The van der Waals surface area contributed by atoms with Crippen molar-refractivity contribution in [3.63, 3.8) is 0 Å². The second-order valence-electron chi connectivity index (χ2n) is 5.40. The van der Waals surface area contributed by atoms with Crippen molar-refractivity contribution in [1.82, 2.24) is 0 Å². The van der Waals surface area contributed by atoms with E-state index in [0.29, 0.717) is 22.9 Å². The monoisotopic (exact) mass is 303 g/mol. The Kier molecular flexibility index (Phi) is 5.65. The molecule has 0 aliphatic rings. The number of hydrogen-bond acceptors (Lipinski definition) is 3. The largest absolute Gasteiger partial charge is 0.469 e. The van der Waals surface area contributed by atoms with E-state index in [4.69, 9.17) is 28.9 Å². The van der Waals surface area contributed by atoms with Gasteiger partial charge in [-0.25, -0.2) is 0 Å². The zero-order chi connectivity index (χ0) is 14.6. The van der Waals surface area contributed by atoms with Crippen LogP contribution in [-0.2, 0) is 9.53 Å². The topological polar surface area (TPSA) is 52.3 Å². The molecule has 0 aromatic heterocycles. The molecule has 1 atom stereocenters. The molecule has 1 aromatic rings. The molecule has 106 valence electrons. The van der Waals surface area contributed by atoms with Crippen molar-refractivity contribution in [1.29, 1.82) is 0 Å². The van der Waals surface area contributed by atoms with Gasteiger partial charge in [0.15, 0.2) is 0 Å². The summed E-state index contributed by atoms with van der Waals surface area (Å²) in [5, 5.41) is 0.992. The molecular formula is C14H19Cl2NO2.